The number of hydrogen-bond acceptors (Lipinski definition) is 2. The summed E-state index contributed by atoms with van der Waals surface area (Å²) in [6.45, 7) is 1.83. The molecule has 5 heteroatoms. The molecule has 2 aromatic carbocycles. The lowest BCUT2D eigenvalue weighted by Crippen LogP contribution is -2.09. The average molecular weight is 381 g/mol. The molecule has 0 unspecified atom stereocenters. The lowest BCUT2D eigenvalue weighted by molar-refractivity contribution is 1.26. The van der Waals surface area contributed by atoms with Gasteiger partial charge in [0.15, 0.2) is 5.43 Å². The second-order valence-corrected chi connectivity index (χ2v) is 6.91. The fourth-order valence-corrected chi connectivity index (χ4v) is 3.33. The second-order valence-electron chi connectivity index (χ2n) is 6.09. The van der Waals surface area contributed by atoms with Gasteiger partial charge in [0.2, 0.25) is 0 Å². The molecule has 0 amide bonds. The molecule has 0 radical (unpaired) electrons. The highest BCUT2D eigenvalue weighted by Gasteiger charge is 2.11. The number of H-pyrrole nitrogens is 1. The summed E-state index contributed by atoms with van der Waals surface area (Å²) in [6.07, 6.45) is 3.51. The molecule has 0 fully saturated rings. The Kier molecular flexibility index (Phi) is 4.27. The van der Waals surface area contributed by atoms with Gasteiger partial charge < -0.3 is 4.98 Å². The first-order valence-corrected chi connectivity index (χ1v) is 8.82. The summed E-state index contributed by atoms with van der Waals surface area (Å²) in [5.74, 6) is 0. The van der Waals surface area contributed by atoms with E-state index < -0.39 is 0 Å². The Balaban J connectivity index is 1.89. The van der Waals surface area contributed by atoms with Crippen molar-refractivity contribution in [1.29, 1.82) is 0 Å². The summed E-state index contributed by atoms with van der Waals surface area (Å²) in [6, 6.07) is 14.9. The molecule has 0 bridgehead atoms. The predicted molar refractivity (Wildman–Crippen MR) is 108 cm³/mol. The largest absolute Gasteiger partial charge is 0.354 e. The maximum atomic E-state index is 12.7. The Morgan fingerprint density at radius 2 is 1.65 bits per heavy atom. The quantitative estimate of drug-likeness (QED) is 0.472. The molecule has 4 rings (SSSR count). The van der Waals surface area contributed by atoms with E-state index in [4.69, 9.17) is 23.2 Å². The molecular formula is C21H14Cl2N2O. The van der Waals surface area contributed by atoms with Crippen molar-refractivity contribution >= 4 is 34.1 Å². The van der Waals surface area contributed by atoms with Crippen LogP contribution >= 0.6 is 23.2 Å². The molecule has 2 aromatic heterocycles. The number of rotatable bonds is 2. The second kappa shape index (κ2) is 6.60. The van der Waals surface area contributed by atoms with E-state index in [9.17, 15) is 4.79 Å². The van der Waals surface area contributed by atoms with Crippen molar-refractivity contribution in [3.8, 4) is 22.4 Å². The van der Waals surface area contributed by atoms with Crippen molar-refractivity contribution in [3.05, 3.63) is 86.8 Å². The molecule has 0 aliphatic carbocycles. The lowest BCUT2D eigenvalue weighted by Gasteiger charge is -2.10. The number of benzene rings is 2. The zero-order chi connectivity index (χ0) is 18.3. The highest BCUT2D eigenvalue weighted by molar-refractivity contribution is 6.42. The minimum absolute atomic E-state index is 0.0225. The Morgan fingerprint density at radius 3 is 2.46 bits per heavy atom. The number of aromatic amines is 1. The normalized spacial score (nSPS) is 11.0. The van der Waals surface area contributed by atoms with Crippen LogP contribution in [-0.2, 0) is 0 Å². The molecule has 0 spiro atoms. The Bertz CT molecular complexity index is 1200. The maximum absolute atomic E-state index is 12.7. The molecule has 4 aromatic rings. The number of aromatic nitrogens is 2. The van der Waals surface area contributed by atoms with Gasteiger partial charge in [-0.1, -0.05) is 41.4 Å². The van der Waals surface area contributed by atoms with E-state index >= 15 is 0 Å². The molecule has 26 heavy (non-hydrogen) atoms. The van der Waals surface area contributed by atoms with Gasteiger partial charge in [-0.05, 0) is 42.8 Å². The van der Waals surface area contributed by atoms with Gasteiger partial charge in [0.05, 0.1) is 15.7 Å². The van der Waals surface area contributed by atoms with E-state index in [-0.39, 0.29) is 5.43 Å². The van der Waals surface area contributed by atoms with Crippen molar-refractivity contribution in [2.45, 2.75) is 6.92 Å². The first kappa shape index (κ1) is 16.8. The number of para-hydroxylation sites is 1. The summed E-state index contributed by atoms with van der Waals surface area (Å²) in [5, 5.41) is 1.68. The topological polar surface area (TPSA) is 45.8 Å². The maximum Gasteiger partial charge on any atom is 0.192 e. The smallest absolute Gasteiger partial charge is 0.192 e. The van der Waals surface area contributed by atoms with Crippen LogP contribution in [-0.4, -0.2) is 9.97 Å². The van der Waals surface area contributed by atoms with Gasteiger partial charge in [-0.25, -0.2) is 0 Å². The SMILES string of the molecule is Cc1c(-c2cncc(-c3ccc(Cl)c(Cl)c3)c2)[nH]c2ccccc2c1=O. The van der Waals surface area contributed by atoms with E-state index in [0.29, 0.717) is 21.0 Å². The molecular weight excluding hydrogens is 367 g/mol. The third kappa shape index (κ3) is 2.90. The predicted octanol–water partition coefficient (Wildman–Crippen LogP) is 5.87. The molecule has 1 N–H and O–H groups in total. The van der Waals surface area contributed by atoms with Crippen LogP contribution in [0.3, 0.4) is 0 Å². The van der Waals surface area contributed by atoms with Gasteiger partial charge in [0, 0.05) is 40.0 Å². The monoisotopic (exact) mass is 380 g/mol. The Morgan fingerprint density at radius 1 is 0.885 bits per heavy atom. The molecule has 0 atom stereocenters. The van der Waals surface area contributed by atoms with E-state index in [1.165, 1.54) is 0 Å². The van der Waals surface area contributed by atoms with Gasteiger partial charge >= 0.3 is 0 Å². The third-order valence-electron chi connectivity index (χ3n) is 4.43. The van der Waals surface area contributed by atoms with Crippen LogP contribution in [0.15, 0.2) is 65.7 Å². The van der Waals surface area contributed by atoms with E-state index in [0.717, 1.165) is 27.9 Å². The molecule has 3 nitrogen and oxygen atoms in total. The summed E-state index contributed by atoms with van der Waals surface area (Å²) in [5.41, 5.74) is 4.91. The highest BCUT2D eigenvalue weighted by Crippen LogP contribution is 2.30. The lowest BCUT2D eigenvalue weighted by atomic mass is 10.0. The standard InChI is InChI=1S/C21H14Cl2N2O/c1-12-20(25-19-5-3-2-4-16(19)21(12)26)15-8-14(10-24-11-15)13-6-7-17(22)18(23)9-13/h2-11H,1H3,(H,25,26). The minimum Gasteiger partial charge on any atom is -0.354 e. The number of pyridine rings is 2. The van der Waals surface area contributed by atoms with Gasteiger partial charge in [0.25, 0.3) is 0 Å². The zero-order valence-corrected chi connectivity index (χ0v) is 15.4. The first-order valence-electron chi connectivity index (χ1n) is 8.07. The summed E-state index contributed by atoms with van der Waals surface area (Å²) in [7, 11) is 0. The molecule has 128 valence electrons. The zero-order valence-electron chi connectivity index (χ0n) is 13.9. The number of nitrogens with one attached hydrogen (secondary N) is 1. The van der Waals surface area contributed by atoms with Gasteiger partial charge in [0.1, 0.15) is 0 Å². The van der Waals surface area contributed by atoms with Gasteiger partial charge in [-0.15, -0.1) is 0 Å². The molecule has 0 saturated carbocycles. The fraction of sp³-hybridized carbons (Fsp3) is 0.0476. The Hall–Kier alpha value is -2.62. The number of fused-ring (bicyclic) bond motifs is 1. The Labute approximate surface area is 160 Å². The fourth-order valence-electron chi connectivity index (χ4n) is 3.03. The third-order valence-corrected chi connectivity index (χ3v) is 5.17. The summed E-state index contributed by atoms with van der Waals surface area (Å²) >= 11 is 12.1. The van der Waals surface area contributed by atoms with E-state index in [1.54, 1.807) is 24.5 Å². The summed E-state index contributed by atoms with van der Waals surface area (Å²) < 4.78 is 0. The van der Waals surface area contributed by atoms with Crippen LogP contribution < -0.4 is 5.43 Å². The average Bonchev–Trinajstić information content (AvgIpc) is 2.67. The molecule has 0 aliphatic rings. The molecule has 0 aliphatic heterocycles. The number of hydrogen-bond donors (Lipinski definition) is 1. The van der Waals surface area contributed by atoms with Crippen molar-refractivity contribution in [2.75, 3.05) is 0 Å². The van der Waals surface area contributed by atoms with Crippen LogP contribution in [0.2, 0.25) is 10.0 Å². The number of halogens is 2. The van der Waals surface area contributed by atoms with Gasteiger partial charge in [-0.2, -0.15) is 0 Å². The molecule has 0 saturated heterocycles. The van der Waals surface area contributed by atoms with Crippen LogP contribution in [0.1, 0.15) is 5.56 Å². The van der Waals surface area contributed by atoms with Crippen LogP contribution in [0.4, 0.5) is 0 Å². The summed E-state index contributed by atoms with van der Waals surface area (Å²) in [4.78, 5) is 20.4. The molecule has 2 heterocycles. The first-order chi connectivity index (χ1) is 12.5. The van der Waals surface area contributed by atoms with E-state index in [1.807, 2.05) is 43.3 Å². The van der Waals surface area contributed by atoms with Crippen LogP contribution in [0.5, 0.6) is 0 Å². The van der Waals surface area contributed by atoms with Gasteiger partial charge in [-0.3, -0.25) is 9.78 Å². The van der Waals surface area contributed by atoms with Crippen LogP contribution in [0, 0.1) is 6.92 Å². The minimum atomic E-state index is 0.0225. The van der Waals surface area contributed by atoms with Crippen molar-refractivity contribution in [3.63, 3.8) is 0 Å². The van der Waals surface area contributed by atoms with E-state index in [2.05, 4.69) is 9.97 Å². The van der Waals surface area contributed by atoms with Crippen LogP contribution in [0.25, 0.3) is 33.3 Å². The van der Waals surface area contributed by atoms with Crippen molar-refractivity contribution in [1.82, 2.24) is 9.97 Å². The highest BCUT2D eigenvalue weighted by atomic mass is 35.5. The van der Waals surface area contributed by atoms with Crippen molar-refractivity contribution in [2.24, 2.45) is 0 Å². The number of nitrogens with zero attached hydrogens (tertiary/aromatic N) is 1. The van der Waals surface area contributed by atoms with Crippen molar-refractivity contribution < 1.29 is 0 Å².